The molecule has 0 fully saturated rings. The number of nitrogens with one attached hydrogen (secondary N) is 3. The molecule has 0 atom stereocenters. The molecule has 0 unspecified atom stereocenters. The van der Waals surface area contributed by atoms with Gasteiger partial charge in [-0.3, -0.25) is 9.78 Å². The van der Waals surface area contributed by atoms with Crippen LogP contribution >= 0.6 is 11.8 Å². The summed E-state index contributed by atoms with van der Waals surface area (Å²) in [5.41, 5.74) is 1.65. The van der Waals surface area contributed by atoms with Gasteiger partial charge in [0.2, 0.25) is 0 Å². The van der Waals surface area contributed by atoms with Crippen molar-refractivity contribution in [3.05, 3.63) is 27.0 Å². The number of H-pyrrole nitrogens is 2. The average molecular weight is 203 g/mol. The highest BCUT2D eigenvalue weighted by molar-refractivity contribution is 7.99. The van der Waals surface area contributed by atoms with Gasteiger partial charge in [-0.1, -0.05) is 0 Å². The van der Waals surface area contributed by atoms with E-state index in [0.29, 0.717) is 10.8 Å². The highest BCUT2D eigenvalue weighted by atomic mass is 32.2. The van der Waals surface area contributed by atoms with Crippen LogP contribution in [0, 0.1) is 0 Å². The van der Waals surface area contributed by atoms with E-state index < -0.39 is 11.2 Å². The molecule has 1 heterocycles. The Hall–Kier alpha value is -1.05. The summed E-state index contributed by atoms with van der Waals surface area (Å²) in [6, 6.07) is 0. The molecule has 1 aromatic heterocycles. The van der Waals surface area contributed by atoms with Crippen LogP contribution in [0.4, 0.5) is 0 Å². The summed E-state index contributed by atoms with van der Waals surface area (Å²) in [5.74, 6) is 0.436. The third-order valence-corrected chi connectivity index (χ3v) is 2.09. The monoisotopic (exact) mass is 203 g/mol. The molecule has 0 spiro atoms. The van der Waals surface area contributed by atoms with E-state index >= 15 is 0 Å². The SMILES string of the molecule is CONCSc1c[nH]c(=O)[nH]c1=O. The van der Waals surface area contributed by atoms with Crippen molar-refractivity contribution in [3.63, 3.8) is 0 Å². The standard InChI is InChI=1S/C6H9N3O3S/c1-12-8-3-13-4-2-7-6(11)9-5(4)10/h2,8H,3H2,1H3,(H2,7,9,10,11). The Labute approximate surface area is 77.7 Å². The van der Waals surface area contributed by atoms with Crippen molar-refractivity contribution in [1.29, 1.82) is 0 Å². The van der Waals surface area contributed by atoms with Gasteiger partial charge in [-0.2, -0.15) is 5.48 Å². The van der Waals surface area contributed by atoms with E-state index in [1.54, 1.807) is 0 Å². The third-order valence-electron chi connectivity index (χ3n) is 1.22. The van der Waals surface area contributed by atoms with Crippen LogP contribution in [0.25, 0.3) is 0 Å². The molecule has 0 aliphatic rings. The summed E-state index contributed by atoms with van der Waals surface area (Å²) < 4.78 is 0. The van der Waals surface area contributed by atoms with Gasteiger partial charge in [0.15, 0.2) is 0 Å². The van der Waals surface area contributed by atoms with Gasteiger partial charge in [0.1, 0.15) is 0 Å². The molecule has 0 saturated heterocycles. The van der Waals surface area contributed by atoms with Crippen molar-refractivity contribution in [2.24, 2.45) is 0 Å². The smallest absolute Gasteiger partial charge is 0.313 e. The summed E-state index contributed by atoms with van der Waals surface area (Å²) in [5, 5.41) is 0. The molecule has 0 radical (unpaired) electrons. The van der Waals surface area contributed by atoms with E-state index in [1.807, 2.05) is 0 Å². The Morgan fingerprint density at radius 3 is 3.00 bits per heavy atom. The average Bonchev–Trinajstić information content (AvgIpc) is 2.09. The lowest BCUT2D eigenvalue weighted by Gasteiger charge is -1.99. The summed E-state index contributed by atoms with van der Waals surface area (Å²) >= 11 is 1.23. The Kier molecular flexibility index (Phi) is 3.74. The molecule has 0 aliphatic heterocycles. The van der Waals surface area contributed by atoms with Crippen LogP contribution in [0.5, 0.6) is 0 Å². The quantitative estimate of drug-likeness (QED) is 0.260. The van der Waals surface area contributed by atoms with Crippen LogP contribution in [0.2, 0.25) is 0 Å². The van der Waals surface area contributed by atoms with Crippen molar-refractivity contribution >= 4 is 11.8 Å². The number of aromatic amines is 2. The van der Waals surface area contributed by atoms with Crippen LogP contribution < -0.4 is 16.7 Å². The minimum atomic E-state index is -0.506. The number of rotatable bonds is 4. The second kappa shape index (κ2) is 4.85. The molecule has 1 aromatic rings. The van der Waals surface area contributed by atoms with Crippen molar-refractivity contribution in [1.82, 2.24) is 15.4 Å². The first-order valence-electron chi connectivity index (χ1n) is 3.44. The first-order chi connectivity index (χ1) is 6.24. The lowest BCUT2D eigenvalue weighted by molar-refractivity contribution is 0.107. The number of hydroxylamine groups is 1. The highest BCUT2D eigenvalue weighted by Gasteiger charge is 1.99. The molecule has 0 aromatic carbocycles. The molecule has 13 heavy (non-hydrogen) atoms. The van der Waals surface area contributed by atoms with Crippen LogP contribution in [0.15, 0.2) is 20.7 Å². The second-order valence-corrected chi connectivity index (χ2v) is 3.09. The highest BCUT2D eigenvalue weighted by Crippen LogP contribution is 2.07. The fourth-order valence-corrected chi connectivity index (χ4v) is 1.33. The molecule has 0 aliphatic carbocycles. The number of hydrogen-bond acceptors (Lipinski definition) is 5. The Bertz CT molecular complexity index is 372. The summed E-state index contributed by atoms with van der Waals surface area (Å²) in [6.45, 7) is 0. The van der Waals surface area contributed by atoms with E-state index in [-0.39, 0.29) is 0 Å². The van der Waals surface area contributed by atoms with Crippen molar-refractivity contribution in [2.45, 2.75) is 4.90 Å². The molecule has 3 N–H and O–H groups in total. The predicted molar refractivity (Wildman–Crippen MR) is 48.6 cm³/mol. The van der Waals surface area contributed by atoms with E-state index in [0.717, 1.165) is 0 Å². The van der Waals surface area contributed by atoms with E-state index in [2.05, 4.69) is 20.3 Å². The van der Waals surface area contributed by atoms with Gasteiger partial charge in [0.05, 0.1) is 17.9 Å². The molecule has 7 heteroatoms. The predicted octanol–water partition coefficient (Wildman–Crippen LogP) is -0.736. The van der Waals surface area contributed by atoms with Gasteiger partial charge in [-0.15, -0.1) is 11.8 Å². The molecule has 72 valence electrons. The number of thioether (sulfide) groups is 1. The summed E-state index contributed by atoms with van der Waals surface area (Å²) in [6.07, 6.45) is 1.36. The first-order valence-corrected chi connectivity index (χ1v) is 4.43. The largest absolute Gasteiger partial charge is 0.325 e. The maximum Gasteiger partial charge on any atom is 0.325 e. The lowest BCUT2D eigenvalue weighted by atomic mass is 10.7. The Morgan fingerprint density at radius 1 is 1.62 bits per heavy atom. The van der Waals surface area contributed by atoms with Gasteiger partial charge >= 0.3 is 5.69 Å². The lowest BCUT2D eigenvalue weighted by Crippen LogP contribution is -2.23. The molecular formula is C6H9N3O3S. The minimum Gasteiger partial charge on any atom is -0.313 e. The normalized spacial score (nSPS) is 10.2. The zero-order chi connectivity index (χ0) is 9.68. The van der Waals surface area contributed by atoms with Crippen molar-refractivity contribution in [2.75, 3.05) is 13.0 Å². The van der Waals surface area contributed by atoms with Gasteiger partial charge < -0.3 is 9.82 Å². The Morgan fingerprint density at radius 2 is 2.38 bits per heavy atom. The van der Waals surface area contributed by atoms with Crippen LogP contribution in [-0.4, -0.2) is 23.0 Å². The zero-order valence-corrected chi connectivity index (χ0v) is 7.73. The molecule has 1 rings (SSSR count). The molecule has 0 bridgehead atoms. The number of hydrogen-bond donors (Lipinski definition) is 3. The fourth-order valence-electron chi connectivity index (χ4n) is 0.671. The molecule has 6 nitrogen and oxygen atoms in total. The van der Waals surface area contributed by atoms with Gasteiger partial charge in [0, 0.05) is 6.20 Å². The molecule has 0 amide bonds. The van der Waals surface area contributed by atoms with Crippen LogP contribution in [0.1, 0.15) is 0 Å². The Balaban J connectivity index is 2.67. The second-order valence-electron chi connectivity index (χ2n) is 2.07. The number of aromatic nitrogens is 2. The van der Waals surface area contributed by atoms with Crippen LogP contribution in [-0.2, 0) is 4.84 Å². The third kappa shape index (κ3) is 3.05. The maximum atomic E-state index is 11.1. The first kappa shape index (κ1) is 10.0. The minimum absolute atomic E-state index is 0.397. The van der Waals surface area contributed by atoms with E-state index in [1.165, 1.54) is 25.1 Å². The molecular weight excluding hydrogens is 194 g/mol. The van der Waals surface area contributed by atoms with Gasteiger partial charge in [-0.05, 0) is 0 Å². The van der Waals surface area contributed by atoms with E-state index in [9.17, 15) is 9.59 Å². The van der Waals surface area contributed by atoms with Crippen LogP contribution in [0.3, 0.4) is 0 Å². The van der Waals surface area contributed by atoms with Crippen molar-refractivity contribution in [3.8, 4) is 0 Å². The van der Waals surface area contributed by atoms with E-state index in [4.69, 9.17) is 0 Å². The van der Waals surface area contributed by atoms with Gasteiger partial charge in [-0.25, -0.2) is 4.79 Å². The van der Waals surface area contributed by atoms with Crippen molar-refractivity contribution < 1.29 is 4.84 Å². The summed E-state index contributed by atoms with van der Waals surface area (Å²) in [4.78, 5) is 31.2. The maximum absolute atomic E-state index is 11.1. The zero-order valence-electron chi connectivity index (χ0n) is 6.92. The fraction of sp³-hybridized carbons (Fsp3) is 0.333. The van der Waals surface area contributed by atoms with Gasteiger partial charge in [0.25, 0.3) is 5.56 Å². The summed E-state index contributed by atoms with van der Waals surface area (Å²) in [7, 11) is 1.48. The molecule has 0 saturated carbocycles. The topological polar surface area (TPSA) is 87.0 Å².